The Labute approximate surface area is 312 Å². The van der Waals surface area contributed by atoms with Crippen molar-refractivity contribution in [2.45, 2.75) is 107 Å². The van der Waals surface area contributed by atoms with Gasteiger partial charge in [-0.25, -0.2) is 0 Å². The summed E-state index contributed by atoms with van der Waals surface area (Å²) in [5.74, 6) is -5.09. The van der Waals surface area contributed by atoms with Gasteiger partial charge in [0.2, 0.25) is 0 Å². The number of unbranched alkanes of at least 4 members (excludes halogenated alkanes) is 10. The molecule has 0 aromatic heterocycles. The summed E-state index contributed by atoms with van der Waals surface area (Å²) in [5, 5.41) is -13.6. The first kappa shape index (κ1) is 47.9. The van der Waals surface area contributed by atoms with Gasteiger partial charge in [-0.05, 0) is 107 Å². The van der Waals surface area contributed by atoms with Crippen LogP contribution < -0.4 is 9.47 Å². The van der Waals surface area contributed by atoms with Gasteiger partial charge < -0.3 is 9.47 Å². The van der Waals surface area contributed by atoms with Crippen molar-refractivity contribution in [2.24, 2.45) is 0 Å². The summed E-state index contributed by atoms with van der Waals surface area (Å²) in [6.07, 6.45) is 15.8. The third-order valence-electron chi connectivity index (χ3n) is 6.54. The second-order valence-electron chi connectivity index (χ2n) is 10.7. The van der Waals surface area contributed by atoms with Gasteiger partial charge in [0.25, 0.3) is 0 Å². The fourth-order valence-corrected chi connectivity index (χ4v) is 5.39. The van der Waals surface area contributed by atoms with E-state index in [1.54, 1.807) is 0 Å². The summed E-state index contributed by atoms with van der Waals surface area (Å²) in [6.45, 7) is 6.21. The highest BCUT2D eigenvalue weighted by atomic mass is 127. The lowest BCUT2D eigenvalue weighted by Crippen LogP contribution is -2.60. The first-order valence-corrected chi connectivity index (χ1v) is 20.5. The predicted octanol–water partition coefficient (Wildman–Crippen LogP) is 10.6. The van der Waals surface area contributed by atoms with Crippen LogP contribution in [0.15, 0.2) is 48.5 Å². The molecule has 284 valence electrons. The Kier molecular flexibility index (Phi) is 22.9. The summed E-state index contributed by atoms with van der Waals surface area (Å²) >= 11 is 4.61. The molecule has 2 aromatic carbocycles. The van der Waals surface area contributed by atoms with Crippen molar-refractivity contribution >= 4 is 65.4 Å². The Morgan fingerprint density at radius 2 is 0.796 bits per heavy atom. The summed E-state index contributed by atoms with van der Waals surface area (Å²) in [7, 11) is -14.1. The van der Waals surface area contributed by atoms with E-state index in [4.69, 9.17) is 18.6 Å². The molecule has 0 atom stereocenters. The van der Waals surface area contributed by atoms with Crippen LogP contribution in [0, 0.1) is 7.14 Å². The highest BCUT2D eigenvalue weighted by Crippen LogP contribution is 2.50. The van der Waals surface area contributed by atoms with Gasteiger partial charge >= 0.3 is 36.7 Å². The molecule has 0 saturated heterocycles. The van der Waals surface area contributed by atoms with Gasteiger partial charge in [-0.1, -0.05) is 78.1 Å². The van der Waals surface area contributed by atoms with Gasteiger partial charge in [-0.15, -0.1) is 0 Å². The molecule has 0 radical (unpaired) electrons. The average molecular weight is 977 g/mol. The van der Waals surface area contributed by atoms with E-state index < -0.39 is 36.7 Å². The van der Waals surface area contributed by atoms with Gasteiger partial charge in [0, 0.05) is 7.14 Å². The van der Waals surface area contributed by atoms with E-state index in [0.29, 0.717) is 0 Å². The van der Waals surface area contributed by atoms with E-state index >= 15 is 0 Å². The Morgan fingerprint density at radius 3 is 1.06 bits per heavy atom. The molecule has 0 amide bonds. The SMILES string of the molecule is CCCCCCCCOc1ccc(I)cc1.CCCCCCCCOc1ccc(I)cc1.O=S(=O)(O)C(F)(F)C(F)(F)C(F)(F)S(=O)(=O)O. The number of alkyl halides is 6. The van der Waals surface area contributed by atoms with Crippen molar-refractivity contribution in [1.29, 1.82) is 0 Å². The number of ether oxygens (including phenoxy) is 2. The summed E-state index contributed by atoms with van der Waals surface area (Å²) in [6, 6.07) is 16.5. The minimum absolute atomic E-state index is 0.854. The molecule has 0 aliphatic carbocycles. The van der Waals surface area contributed by atoms with E-state index in [0.717, 1.165) is 24.7 Å². The maximum atomic E-state index is 12.4. The van der Waals surface area contributed by atoms with Crippen LogP contribution in [0.1, 0.15) is 90.9 Å². The van der Waals surface area contributed by atoms with Crippen molar-refractivity contribution in [2.75, 3.05) is 13.2 Å². The smallest absolute Gasteiger partial charge is 0.439 e. The maximum absolute atomic E-state index is 12.4. The molecule has 8 nitrogen and oxygen atoms in total. The molecule has 0 unspecified atom stereocenters. The van der Waals surface area contributed by atoms with Crippen LogP contribution in [-0.2, 0) is 20.2 Å². The normalized spacial score (nSPS) is 12.3. The third-order valence-corrected chi connectivity index (χ3v) is 9.79. The molecule has 18 heteroatoms. The molecule has 2 aromatic rings. The van der Waals surface area contributed by atoms with Crippen LogP contribution in [0.5, 0.6) is 11.5 Å². The van der Waals surface area contributed by atoms with Crippen LogP contribution in [0.4, 0.5) is 26.3 Å². The van der Waals surface area contributed by atoms with Crippen LogP contribution in [0.3, 0.4) is 0 Å². The van der Waals surface area contributed by atoms with Crippen molar-refractivity contribution in [3.05, 3.63) is 55.7 Å². The fraction of sp³-hybridized carbons (Fsp3) is 0.613. The highest BCUT2D eigenvalue weighted by Gasteiger charge is 2.82. The molecular weight excluding hydrogens is 932 g/mol. The molecule has 49 heavy (non-hydrogen) atoms. The van der Waals surface area contributed by atoms with Crippen molar-refractivity contribution in [3.63, 3.8) is 0 Å². The van der Waals surface area contributed by atoms with Crippen LogP contribution in [0.25, 0.3) is 0 Å². The molecule has 0 bridgehead atoms. The van der Waals surface area contributed by atoms with E-state index in [1.807, 2.05) is 24.3 Å². The molecule has 0 aliphatic rings. The first-order valence-electron chi connectivity index (χ1n) is 15.5. The number of hydrogen-bond donors (Lipinski definition) is 2. The maximum Gasteiger partial charge on any atom is 0.439 e. The molecule has 2 rings (SSSR count). The molecule has 0 spiro atoms. The molecule has 0 fully saturated rings. The fourth-order valence-electron chi connectivity index (χ4n) is 3.70. The molecule has 2 N–H and O–H groups in total. The Morgan fingerprint density at radius 1 is 0.531 bits per heavy atom. The molecule has 0 heterocycles. The van der Waals surface area contributed by atoms with E-state index in [9.17, 15) is 43.2 Å². The van der Waals surface area contributed by atoms with E-state index in [-0.39, 0.29) is 0 Å². The van der Waals surface area contributed by atoms with Gasteiger partial charge in [-0.3, -0.25) is 9.11 Å². The number of rotatable bonds is 20. The number of benzene rings is 2. The Balaban J connectivity index is 0.000000705. The van der Waals surface area contributed by atoms with Crippen molar-refractivity contribution in [3.8, 4) is 11.5 Å². The molecule has 0 aliphatic heterocycles. The van der Waals surface area contributed by atoms with Crippen molar-refractivity contribution < 1.29 is 61.8 Å². The highest BCUT2D eigenvalue weighted by molar-refractivity contribution is 14.1. The van der Waals surface area contributed by atoms with E-state index in [1.165, 1.54) is 84.2 Å². The standard InChI is InChI=1S/2C14H21IO.C3H2F6O6S2/c2*1-2-3-4-5-6-7-12-16-14-10-8-13(15)9-11-14;4-1(5,2(6,7)16(10,11)12)3(8,9)17(13,14)15/h2*8-11H,2-7,12H2,1H3;(H,10,11,12)(H,13,14,15). The quantitative estimate of drug-likeness (QED) is 0.0581. The minimum Gasteiger partial charge on any atom is -0.494 e. The van der Waals surface area contributed by atoms with Gasteiger partial charge in [0.1, 0.15) is 11.5 Å². The minimum atomic E-state index is -7.08. The van der Waals surface area contributed by atoms with Gasteiger partial charge in [0.15, 0.2) is 0 Å². The third kappa shape index (κ3) is 17.8. The zero-order chi connectivity index (χ0) is 37.8. The lowest BCUT2D eigenvalue weighted by Gasteiger charge is -2.28. The second-order valence-corrected chi connectivity index (χ2v) is 16.1. The summed E-state index contributed by atoms with van der Waals surface area (Å²) in [5.41, 5.74) is 0. The van der Waals surface area contributed by atoms with Crippen molar-refractivity contribution in [1.82, 2.24) is 0 Å². The Bertz CT molecular complexity index is 1290. The van der Waals surface area contributed by atoms with Gasteiger partial charge in [0.05, 0.1) is 13.2 Å². The number of halogens is 8. The van der Waals surface area contributed by atoms with Gasteiger partial charge in [-0.2, -0.15) is 43.2 Å². The van der Waals surface area contributed by atoms with Crippen LogP contribution in [0.2, 0.25) is 0 Å². The largest absolute Gasteiger partial charge is 0.494 e. The van der Waals surface area contributed by atoms with E-state index in [2.05, 4.69) is 83.3 Å². The predicted molar refractivity (Wildman–Crippen MR) is 194 cm³/mol. The lowest BCUT2D eigenvalue weighted by molar-refractivity contribution is -0.247. The average Bonchev–Trinajstić information content (AvgIpc) is 3.01. The topological polar surface area (TPSA) is 127 Å². The summed E-state index contributed by atoms with van der Waals surface area (Å²) in [4.78, 5) is 0. The zero-order valence-corrected chi connectivity index (χ0v) is 33.2. The lowest BCUT2D eigenvalue weighted by atomic mass is 10.1. The number of hydrogen-bond acceptors (Lipinski definition) is 6. The van der Waals surface area contributed by atoms with Crippen LogP contribution in [-0.4, -0.2) is 55.6 Å². The Hall–Kier alpha value is -1.10. The van der Waals surface area contributed by atoms with Crippen LogP contribution >= 0.6 is 45.2 Å². The molecule has 0 saturated carbocycles. The zero-order valence-electron chi connectivity index (χ0n) is 27.2. The first-order chi connectivity index (χ1) is 22.7. The monoisotopic (exact) mass is 976 g/mol. The second kappa shape index (κ2) is 23.5. The molecular formula is C31H44F6I2O8S2. The summed E-state index contributed by atoms with van der Waals surface area (Å²) < 4.78 is 142.